The van der Waals surface area contributed by atoms with E-state index in [-0.39, 0.29) is 6.42 Å². The third-order valence-electron chi connectivity index (χ3n) is 4.21. The number of amides is 1. The number of rotatable bonds is 9. The van der Waals surface area contributed by atoms with Gasteiger partial charge in [-0.2, -0.15) is 0 Å². The maximum absolute atomic E-state index is 13.0. The first-order chi connectivity index (χ1) is 13.7. The fraction of sp³-hybridized carbons (Fsp3) is 0.286. The van der Waals surface area contributed by atoms with E-state index in [1.165, 1.54) is 0 Å². The van der Waals surface area contributed by atoms with Gasteiger partial charge in [-0.3, -0.25) is 9.10 Å². The number of carbonyl (C=O) groups excluding carboxylic acids is 1. The van der Waals surface area contributed by atoms with Crippen molar-refractivity contribution >= 4 is 38.9 Å². The molecule has 6 nitrogen and oxygen atoms in total. The molecule has 8 heteroatoms. The molecule has 0 bridgehead atoms. The number of aryl methyl sites for hydroxylation is 1. The Kier molecular flexibility index (Phi) is 7.70. The Bertz CT molecular complexity index is 992. The van der Waals surface area contributed by atoms with Crippen LogP contribution in [0.25, 0.3) is 0 Å². The Morgan fingerprint density at radius 1 is 1.31 bits per heavy atom. The summed E-state index contributed by atoms with van der Waals surface area (Å²) in [6.45, 7) is 7.51. The van der Waals surface area contributed by atoms with Gasteiger partial charge in [-0.15, -0.1) is 0 Å². The van der Waals surface area contributed by atoms with E-state index in [2.05, 4.69) is 11.9 Å². The number of carbonyl (C=O) groups is 1. The average Bonchev–Trinajstić information content (AvgIpc) is 2.66. The molecule has 1 N–H and O–H groups in total. The number of hydrogen-bond donors (Lipinski definition) is 1. The van der Waals surface area contributed by atoms with Crippen LogP contribution >= 0.6 is 11.6 Å². The lowest BCUT2D eigenvalue weighted by Gasteiger charge is -2.30. The van der Waals surface area contributed by atoms with Crippen LogP contribution in [0.5, 0.6) is 5.75 Å². The van der Waals surface area contributed by atoms with E-state index in [1.807, 2.05) is 6.92 Å². The predicted octanol–water partition coefficient (Wildman–Crippen LogP) is 4.40. The topological polar surface area (TPSA) is 75.7 Å². The van der Waals surface area contributed by atoms with Crippen molar-refractivity contribution < 1.29 is 17.9 Å². The maximum atomic E-state index is 13.0. The van der Waals surface area contributed by atoms with Crippen molar-refractivity contribution in [1.82, 2.24) is 0 Å². The van der Waals surface area contributed by atoms with Gasteiger partial charge in [0.25, 0.3) is 0 Å². The molecule has 0 fully saturated rings. The molecule has 0 aliphatic heterocycles. The zero-order valence-corrected chi connectivity index (χ0v) is 18.3. The minimum atomic E-state index is -3.74. The van der Waals surface area contributed by atoms with Crippen molar-refractivity contribution in [3.05, 3.63) is 65.7 Å². The van der Waals surface area contributed by atoms with Gasteiger partial charge < -0.3 is 10.1 Å². The molecule has 2 aromatic rings. The van der Waals surface area contributed by atoms with E-state index in [4.69, 9.17) is 16.3 Å². The van der Waals surface area contributed by atoms with E-state index in [9.17, 15) is 13.2 Å². The largest absolute Gasteiger partial charge is 0.489 e. The highest BCUT2D eigenvalue weighted by molar-refractivity contribution is 7.92. The number of nitrogens with zero attached hydrogens (tertiary/aromatic N) is 1. The molecule has 2 aromatic carbocycles. The van der Waals surface area contributed by atoms with Gasteiger partial charge in [-0.1, -0.05) is 43.3 Å². The molecule has 0 heterocycles. The Morgan fingerprint density at radius 2 is 2.03 bits per heavy atom. The molecule has 156 valence electrons. The molecule has 0 radical (unpaired) electrons. The molecule has 1 atom stereocenters. The monoisotopic (exact) mass is 436 g/mol. The summed E-state index contributed by atoms with van der Waals surface area (Å²) in [5.41, 5.74) is 1.66. The highest BCUT2D eigenvalue weighted by Gasteiger charge is 2.31. The van der Waals surface area contributed by atoms with Crippen LogP contribution in [0.15, 0.2) is 55.1 Å². The fourth-order valence-corrected chi connectivity index (χ4v) is 4.20. The lowest BCUT2D eigenvalue weighted by atomic mass is 10.1. The number of anilines is 2. The van der Waals surface area contributed by atoms with E-state index in [0.29, 0.717) is 28.8 Å². The quantitative estimate of drug-likeness (QED) is 0.591. The second kappa shape index (κ2) is 9.80. The zero-order valence-electron chi connectivity index (χ0n) is 16.7. The van der Waals surface area contributed by atoms with Crippen LogP contribution in [0.4, 0.5) is 11.4 Å². The molecule has 1 amide bonds. The van der Waals surface area contributed by atoms with Crippen LogP contribution in [0.2, 0.25) is 5.02 Å². The first kappa shape index (κ1) is 22.8. The van der Waals surface area contributed by atoms with Crippen LogP contribution in [0.1, 0.15) is 18.9 Å². The number of nitrogens with one attached hydrogen (secondary N) is 1. The minimum absolute atomic E-state index is 0.275. The predicted molar refractivity (Wildman–Crippen MR) is 118 cm³/mol. The average molecular weight is 437 g/mol. The summed E-state index contributed by atoms with van der Waals surface area (Å²) in [4.78, 5) is 13.0. The molecule has 0 saturated carbocycles. The lowest BCUT2D eigenvalue weighted by Crippen LogP contribution is -2.47. The van der Waals surface area contributed by atoms with Crippen molar-refractivity contribution in [3.63, 3.8) is 0 Å². The number of hydrogen-bond acceptors (Lipinski definition) is 4. The SMILES string of the molecule is C=CCOc1cccc(NC(=O)C(CC)N(c2ccc(C)c(Cl)c2)S(C)(=O)=O)c1. The van der Waals surface area contributed by atoms with Crippen molar-refractivity contribution in [1.29, 1.82) is 0 Å². The van der Waals surface area contributed by atoms with E-state index < -0.39 is 22.0 Å². The third-order valence-corrected chi connectivity index (χ3v) is 5.80. The van der Waals surface area contributed by atoms with Gasteiger partial charge >= 0.3 is 0 Å². The molecule has 0 aliphatic rings. The minimum Gasteiger partial charge on any atom is -0.489 e. The molecule has 0 aromatic heterocycles. The number of benzene rings is 2. The smallest absolute Gasteiger partial charge is 0.248 e. The second-order valence-corrected chi connectivity index (χ2v) is 8.80. The Balaban J connectivity index is 2.33. The van der Waals surface area contributed by atoms with Crippen LogP contribution in [0, 0.1) is 6.92 Å². The van der Waals surface area contributed by atoms with Gasteiger partial charge in [0, 0.05) is 16.8 Å². The first-order valence-corrected chi connectivity index (χ1v) is 11.3. The van der Waals surface area contributed by atoms with Crippen LogP contribution in [-0.4, -0.2) is 33.2 Å². The van der Waals surface area contributed by atoms with Gasteiger partial charge in [0.2, 0.25) is 15.9 Å². The van der Waals surface area contributed by atoms with Crippen LogP contribution in [-0.2, 0) is 14.8 Å². The molecule has 0 saturated heterocycles. The standard InChI is InChI=1S/C21H25ClN2O4S/c1-5-12-28-18-9-7-8-16(13-18)23-21(25)20(6-2)24(29(4,26)27)17-11-10-15(3)19(22)14-17/h5,7-11,13-14,20H,1,6,12H2,2-4H3,(H,23,25). The van der Waals surface area contributed by atoms with Crippen LogP contribution in [0.3, 0.4) is 0 Å². The highest BCUT2D eigenvalue weighted by atomic mass is 35.5. The summed E-state index contributed by atoms with van der Waals surface area (Å²) >= 11 is 6.18. The van der Waals surface area contributed by atoms with E-state index in [0.717, 1.165) is 16.1 Å². The molecular formula is C21H25ClN2O4S. The van der Waals surface area contributed by atoms with Crippen molar-refractivity contribution in [3.8, 4) is 5.75 Å². The van der Waals surface area contributed by atoms with Gasteiger partial charge in [-0.25, -0.2) is 8.42 Å². The number of sulfonamides is 1. The fourth-order valence-electron chi connectivity index (χ4n) is 2.82. The summed E-state index contributed by atoms with van der Waals surface area (Å²) in [5.74, 6) is 0.122. The highest BCUT2D eigenvalue weighted by Crippen LogP contribution is 2.28. The summed E-state index contributed by atoms with van der Waals surface area (Å²) in [7, 11) is -3.74. The number of halogens is 1. The van der Waals surface area contributed by atoms with Crippen molar-refractivity contribution in [2.24, 2.45) is 0 Å². The van der Waals surface area contributed by atoms with Gasteiger partial charge in [0.1, 0.15) is 18.4 Å². The van der Waals surface area contributed by atoms with Crippen LogP contribution < -0.4 is 14.4 Å². The molecule has 0 aliphatic carbocycles. The van der Waals surface area contributed by atoms with Gasteiger partial charge in [-0.05, 0) is 43.2 Å². The zero-order chi connectivity index (χ0) is 21.6. The van der Waals surface area contributed by atoms with E-state index in [1.54, 1.807) is 55.5 Å². The Morgan fingerprint density at radius 3 is 2.62 bits per heavy atom. The van der Waals surface area contributed by atoms with Gasteiger partial charge in [0.05, 0.1) is 11.9 Å². The molecule has 1 unspecified atom stereocenters. The summed E-state index contributed by atoms with van der Waals surface area (Å²) in [5, 5.41) is 3.20. The van der Waals surface area contributed by atoms with E-state index >= 15 is 0 Å². The maximum Gasteiger partial charge on any atom is 0.248 e. The van der Waals surface area contributed by atoms with Gasteiger partial charge in [0.15, 0.2) is 0 Å². The Hall–Kier alpha value is -2.51. The second-order valence-electron chi connectivity index (χ2n) is 6.53. The molecule has 0 spiro atoms. The molecule has 2 rings (SSSR count). The third kappa shape index (κ3) is 5.98. The number of ether oxygens (including phenoxy) is 1. The first-order valence-electron chi connectivity index (χ1n) is 9.07. The summed E-state index contributed by atoms with van der Waals surface area (Å²) in [6, 6.07) is 10.8. The van der Waals surface area contributed by atoms with Crippen molar-refractivity contribution in [2.75, 3.05) is 22.5 Å². The molecule has 29 heavy (non-hydrogen) atoms. The lowest BCUT2D eigenvalue weighted by molar-refractivity contribution is -0.117. The summed E-state index contributed by atoms with van der Waals surface area (Å²) in [6.07, 6.45) is 2.96. The summed E-state index contributed by atoms with van der Waals surface area (Å²) < 4.78 is 31.6. The Labute approximate surface area is 177 Å². The molecular weight excluding hydrogens is 412 g/mol. The van der Waals surface area contributed by atoms with Crippen molar-refractivity contribution in [2.45, 2.75) is 26.3 Å². The normalized spacial score (nSPS) is 12.1.